The van der Waals surface area contributed by atoms with E-state index in [1.165, 1.54) is 5.56 Å². The van der Waals surface area contributed by atoms with E-state index in [-0.39, 0.29) is 31.9 Å². The van der Waals surface area contributed by atoms with E-state index in [0.29, 0.717) is 11.5 Å². The van der Waals surface area contributed by atoms with Gasteiger partial charge in [0.1, 0.15) is 11.5 Å². The van der Waals surface area contributed by atoms with Crippen LogP contribution in [0.1, 0.15) is 52.7 Å². The third-order valence-corrected chi connectivity index (χ3v) is 9.22. The molecule has 8 aromatic rings. The number of imidazole rings is 1. The molecule has 0 aliphatic rings. The summed E-state index contributed by atoms with van der Waals surface area (Å²) in [6.45, 7) is 13.3. The van der Waals surface area contributed by atoms with Crippen molar-refractivity contribution in [2.24, 2.45) is 0 Å². The quantitative estimate of drug-likeness (QED) is 0.162. The smallest absolute Gasteiger partial charge is 0.168 e. The molecule has 0 aliphatic carbocycles. The van der Waals surface area contributed by atoms with Gasteiger partial charge in [-0.15, -0.1) is 29.1 Å². The van der Waals surface area contributed by atoms with E-state index in [1.807, 2.05) is 24.4 Å². The van der Waals surface area contributed by atoms with Crippen LogP contribution in [0.3, 0.4) is 0 Å². The van der Waals surface area contributed by atoms with Gasteiger partial charge >= 0.3 is 0 Å². The van der Waals surface area contributed by atoms with E-state index < -0.39 is 0 Å². The molecule has 0 spiro atoms. The first-order valence-corrected chi connectivity index (χ1v) is 16.8. The Kier molecular flexibility index (Phi) is 8.52. The number of benzene rings is 5. The van der Waals surface area contributed by atoms with Gasteiger partial charge in [0.25, 0.3) is 0 Å². The third kappa shape index (κ3) is 5.94. The van der Waals surface area contributed by atoms with E-state index in [2.05, 4.69) is 171 Å². The fourth-order valence-corrected chi connectivity index (χ4v) is 6.65. The average Bonchev–Trinajstić information content (AvgIpc) is 3.64. The molecule has 5 aromatic carbocycles. The minimum atomic E-state index is -0.205. The molecule has 0 unspecified atom stereocenters. The van der Waals surface area contributed by atoms with Crippen molar-refractivity contribution in [3.05, 3.63) is 151 Å². The van der Waals surface area contributed by atoms with E-state index >= 15 is 0 Å². The summed E-state index contributed by atoms with van der Waals surface area (Å²) < 4.78 is 13.4. The summed E-state index contributed by atoms with van der Waals surface area (Å²) in [7, 11) is 0. The molecule has 0 N–H and O–H groups in total. The van der Waals surface area contributed by atoms with Gasteiger partial charge in [0.05, 0.1) is 0 Å². The standard InChI is InChI=1S/C44H39N4O.Pt/c1-43(2,3)30-23-24-45-42(25-30)48-37-20-11-10-19-34(37)35-27-36(44(4,5)6)41(28-40(35)48)49-33-18-14-17-32(26-33)47-29-46(31-15-8-7-9-16-31)38-21-12-13-22-39(38)47;/h7-25,27,29H,1-6H3;/q-1;. The number of fused-ring (bicyclic) bond motifs is 4. The molecule has 0 saturated carbocycles. The first-order valence-electron chi connectivity index (χ1n) is 16.8. The molecule has 0 amide bonds. The predicted octanol–water partition coefficient (Wildman–Crippen LogP) is 11.2. The molecule has 0 aliphatic heterocycles. The van der Waals surface area contributed by atoms with Gasteiger partial charge in [-0.3, -0.25) is 0 Å². The minimum absolute atomic E-state index is 0. The zero-order chi connectivity index (χ0) is 33.9. The largest absolute Gasteiger partial charge is 0.508 e. The van der Waals surface area contributed by atoms with Gasteiger partial charge < -0.3 is 9.30 Å². The van der Waals surface area contributed by atoms with Crippen molar-refractivity contribution in [2.75, 3.05) is 0 Å². The molecule has 6 heteroatoms. The van der Waals surface area contributed by atoms with E-state index in [0.717, 1.165) is 55.6 Å². The summed E-state index contributed by atoms with van der Waals surface area (Å²) in [5.41, 5.74) is 8.28. The van der Waals surface area contributed by atoms with Crippen molar-refractivity contribution in [1.29, 1.82) is 0 Å². The summed E-state index contributed by atoms with van der Waals surface area (Å²) in [5.74, 6) is 2.17. The molecule has 3 aromatic heterocycles. The SMILES string of the molecule is CC(C)(C)c1ccnc(-n2c3[c-]c(Oc4[c-]c(-n5[cH+]n(-c6ccccc6)c6ccccc65)ccc4)c(C(C)(C)C)cc3c3ccccc32)c1.[Pt]. The maximum atomic E-state index is 6.81. The van der Waals surface area contributed by atoms with Crippen LogP contribution >= 0.6 is 0 Å². The Labute approximate surface area is 308 Å². The monoisotopic (exact) mass is 834 g/mol. The number of para-hydroxylation sites is 4. The zero-order valence-electron chi connectivity index (χ0n) is 29.1. The van der Waals surface area contributed by atoms with Crippen LogP contribution in [-0.4, -0.2) is 18.7 Å². The fraction of sp³-hybridized carbons (Fsp3) is 0.182. The Balaban J connectivity index is 0.00000392. The molecule has 0 bridgehead atoms. The number of aromatic nitrogens is 4. The summed E-state index contributed by atoms with van der Waals surface area (Å²) in [6, 6.07) is 47.3. The Morgan fingerprint density at radius 1 is 0.640 bits per heavy atom. The maximum Gasteiger partial charge on any atom is 0.168 e. The van der Waals surface area contributed by atoms with Crippen LogP contribution in [0.5, 0.6) is 11.5 Å². The van der Waals surface area contributed by atoms with Crippen molar-refractivity contribution in [3.63, 3.8) is 0 Å². The van der Waals surface area contributed by atoms with Crippen LogP contribution in [0.25, 0.3) is 50.0 Å². The van der Waals surface area contributed by atoms with Gasteiger partial charge in [-0.1, -0.05) is 107 Å². The molecule has 0 fully saturated rings. The number of nitrogens with zero attached hydrogens (tertiary/aromatic N) is 4. The van der Waals surface area contributed by atoms with Crippen LogP contribution in [0, 0.1) is 12.1 Å². The van der Waals surface area contributed by atoms with Crippen LogP contribution in [0.15, 0.2) is 128 Å². The van der Waals surface area contributed by atoms with Crippen LogP contribution in [0.4, 0.5) is 0 Å². The number of ether oxygens (including phenoxy) is 1. The molecule has 5 nitrogen and oxygen atoms in total. The average molecular weight is 835 g/mol. The maximum absolute atomic E-state index is 6.81. The van der Waals surface area contributed by atoms with Gasteiger partial charge in [-0.25, -0.2) is 9.55 Å². The first kappa shape index (κ1) is 33.5. The Bertz CT molecular complexity index is 2500. The zero-order valence-corrected chi connectivity index (χ0v) is 31.4. The predicted molar refractivity (Wildman–Crippen MR) is 201 cm³/mol. The van der Waals surface area contributed by atoms with Crippen molar-refractivity contribution in [1.82, 2.24) is 18.7 Å². The Hall–Kier alpha value is -4.99. The van der Waals surface area contributed by atoms with Gasteiger partial charge in [-0.2, -0.15) is 16.7 Å². The Morgan fingerprint density at radius 2 is 1.32 bits per heavy atom. The third-order valence-electron chi connectivity index (χ3n) is 9.22. The van der Waals surface area contributed by atoms with Gasteiger partial charge in [-0.05, 0) is 46.7 Å². The topological polar surface area (TPSA) is 36.9 Å². The van der Waals surface area contributed by atoms with Crippen LogP contribution < -0.4 is 4.74 Å². The summed E-state index contributed by atoms with van der Waals surface area (Å²) >= 11 is 0. The van der Waals surface area contributed by atoms with Crippen molar-refractivity contribution < 1.29 is 25.8 Å². The minimum Gasteiger partial charge on any atom is -0.508 e. The second-order valence-corrected chi connectivity index (χ2v) is 14.7. The van der Waals surface area contributed by atoms with Gasteiger partial charge in [0.15, 0.2) is 17.4 Å². The molecule has 252 valence electrons. The van der Waals surface area contributed by atoms with Gasteiger partial charge in [0.2, 0.25) is 0 Å². The first-order chi connectivity index (χ1) is 23.6. The van der Waals surface area contributed by atoms with E-state index in [1.54, 1.807) is 0 Å². The number of hydrogen-bond donors (Lipinski definition) is 0. The summed E-state index contributed by atoms with van der Waals surface area (Å²) in [4.78, 5) is 4.87. The number of pyridine rings is 1. The molecule has 0 saturated heterocycles. The van der Waals surface area contributed by atoms with Crippen molar-refractivity contribution >= 4 is 32.8 Å². The molecular weight excluding hydrogens is 796 g/mol. The molecule has 50 heavy (non-hydrogen) atoms. The molecular formula is C44H39N4OPt-. The Morgan fingerprint density at radius 3 is 2.04 bits per heavy atom. The van der Waals surface area contributed by atoms with Crippen LogP contribution in [0.2, 0.25) is 0 Å². The van der Waals surface area contributed by atoms with Gasteiger partial charge in [0, 0.05) is 62.1 Å². The molecule has 3 heterocycles. The van der Waals surface area contributed by atoms with Crippen molar-refractivity contribution in [3.8, 4) is 28.7 Å². The second kappa shape index (κ2) is 12.7. The normalized spacial score (nSPS) is 12.0. The van der Waals surface area contributed by atoms with Crippen molar-refractivity contribution in [2.45, 2.75) is 52.4 Å². The second-order valence-electron chi connectivity index (χ2n) is 14.7. The molecule has 0 radical (unpaired) electrons. The summed E-state index contributed by atoms with van der Waals surface area (Å²) in [6.07, 6.45) is 4.02. The molecule has 8 rings (SSSR count). The van der Waals surface area contributed by atoms with Crippen LogP contribution in [-0.2, 0) is 31.9 Å². The summed E-state index contributed by atoms with van der Waals surface area (Å²) in [5, 5.41) is 2.28. The van der Waals surface area contributed by atoms with E-state index in [9.17, 15) is 0 Å². The fourth-order valence-electron chi connectivity index (χ4n) is 6.65. The van der Waals surface area contributed by atoms with E-state index in [4.69, 9.17) is 9.72 Å². The number of rotatable bonds is 5. The molecule has 0 atom stereocenters. The number of hydrogen-bond acceptors (Lipinski definition) is 2.